The number of amides is 1. The van der Waals surface area contributed by atoms with Crippen LogP contribution in [-0.4, -0.2) is 35.5 Å². The number of benzene rings is 1. The van der Waals surface area contributed by atoms with Crippen molar-refractivity contribution < 1.29 is 17.6 Å². The van der Waals surface area contributed by atoms with Crippen molar-refractivity contribution in [2.45, 2.75) is 4.90 Å². The smallest absolute Gasteiger partial charge is 0.295 e. The van der Waals surface area contributed by atoms with Crippen LogP contribution in [-0.2, 0) is 9.84 Å². The van der Waals surface area contributed by atoms with Gasteiger partial charge in [-0.2, -0.15) is 0 Å². The summed E-state index contributed by atoms with van der Waals surface area (Å²) in [5.74, 6) is -0.575. The number of pyridine rings is 1. The fourth-order valence-corrected chi connectivity index (χ4v) is 3.97. The Labute approximate surface area is 170 Å². The third-order valence-corrected chi connectivity index (χ3v) is 5.83. The molecule has 8 nitrogen and oxygen atoms in total. The third kappa shape index (κ3) is 4.08. The maximum Gasteiger partial charge on any atom is 0.295 e. The number of hydrogen-bond donors (Lipinski definition) is 1. The molecule has 4 aromatic rings. The van der Waals surface area contributed by atoms with E-state index in [1.807, 2.05) is 18.2 Å². The number of anilines is 1. The standard InChI is InChI=1S/C19H14N4O4S2/c1-29(25,26)13-6-4-5-12(9-13)16-17(27-11-21-16)18(24)23-19-22-15(10-28-19)14-7-2-3-8-20-14/h2-11H,1H3,(H,22,23,24). The number of hydrogen-bond acceptors (Lipinski definition) is 8. The number of thiazole rings is 1. The zero-order chi connectivity index (χ0) is 20.4. The van der Waals surface area contributed by atoms with Gasteiger partial charge in [0.25, 0.3) is 5.91 Å². The zero-order valence-corrected chi connectivity index (χ0v) is 16.7. The molecule has 0 spiro atoms. The van der Waals surface area contributed by atoms with Gasteiger partial charge in [-0.05, 0) is 24.3 Å². The Balaban J connectivity index is 1.59. The van der Waals surface area contributed by atoms with Gasteiger partial charge in [0.2, 0.25) is 5.76 Å². The second-order valence-corrected chi connectivity index (χ2v) is 8.91. The highest BCUT2D eigenvalue weighted by Crippen LogP contribution is 2.27. The van der Waals surface area contributed by atoms with E-state index in [4.69, 9.17) is 4.42 Å². The van der Waals surface area contributed by atoms with Crippen molar-refractivity contribution in [1.29, 1.82) is 0 Å². The van der Waals surface area contributed by atoms with E-state index in [1.54, 1.807) is 23.7 Å². The molecule has 3 heterocycles. The fourth-order valence-electron chi connectivity index (χ4n) is 2.60. The Bertz CT molecular complexity index is 1280. The van der Waals surface area contributed by atoms with E-state index in [1.165, 1.54) is 23.5 Å². The topological polar surface area (TPSA) is 115 Å². The van der Waals surface area contributed by atoms with Crippen molar-refractivity contribution >= 4 is 32.2 Å². The molecule has 4 rings (SSSR count). The minimum absolute atomic E-state index is 0.0368. The second kappa shape index (κ2) is 7.57. The molecule has 3 aromatic heterocycles. The molecular weight excluding hydrogens is 412 g/mol. The van der Waals surface area contributed by atoms with Crippen LogP contribution in [0.4, 0.5) is 5.13 Å². The van der Waals surface area contributed by atoms with Gasteiger partial charge in [-0.25, -0.2) is 18.4 Å². The second-order valence-electron chi connectivity index (χ2n) is 6.04. The highest BCUT2D eigenvalue weighted by atomic mass is 32.2. The minimum atomic E-state index is -3.39. The Kier molecular flexibility index (Phi) is 4.95. The van der Waals surface area contributed by atoms with Crippen LogP contribution in [0.25, 0.3) is 22.6 Å². The molecule has 0 radical (unpaired) electrons. The molecule has 0 unspecified atom stereocenters. The Morgan fingerprint density at radius 2 is 1.97 bits per heavy atom. The molecule has 29 heavy (non-hydrogen) atoms. The number of nitrogens with zero attached hydrogens (tertiary/aromatic N) is 3. The van der Waals surface area contributed by atoms with Gasteiger partial charge < -0.3 is 4.42 Å². The first-order valence-electron chi connectivity index (χ1n) is 8.34. The molecular formula is C19H14N4O4S2. The third-order valence-electron chi connectivity index (χ3n) is 3.96. The summed E-state index contributed by atoms with van der Waals surface area (Å²) in [4.78, 5) is 25.5. The van der Waals surface area contributed by atoms with Gasteiger partial charge in [0.05, 0.1) is 10.6 Å². The number of carbonyl (C=O) groups is 1. The first-order valence-corrected chi connectivity index (χ1v) is 11.1. The summed E-state index contributed by atoms with van der Waals surface area (Å²) in [6.45, 7) is 0. The fraction of sp³-hybridized carbons (Fsp3) is 0.0526. The summed E-state index contributed by atoms with van der Waals surface area (Å²) in [6.07, 6.45) is 3.92. The number of carbonyl (C=O) groups excluding carboxylic acids is 1. The van der Waals surface area contributed by atoms with Gasteiger partial charge in [0.1, 0.15) is 11.4 Å². The predicted octanol–water partition coefficient (Wildman–Crippen LogP) is 3.52. The van der Waals surface area contributed by atoms with E-state index in [9.17, 15) is 13.2 Å². The lowest BCUT2D eigenvalue weighted by atomic mass is 10.1. The van der Waals surface area contributed by atoms with Crippen LogP contribution in [0.2, 0.25) is 0 Å². The Morgan fingerprint density at radius 3 is 2.72 bits per heavy atom. The zero-order valence-electron chi connectivity index (χ0n) is 15.1. The highest BCUT2D eigenvalue weighted by Gasteiger charge is 2.21. The number of aromatic nitrogens is 3. The summed E-state index contributed by atoms with van der Waals surface area (Å²) in [6, 6.07) is 11.7. The molecule has 10 heteroatoms. The SMILES string of the molecule is CS(=O)(=O)c1cccc(-c2ncoc2C(=O)Nc2nc(-c3ccccn3)cs2)c1. The van der Waals surface area contributed by atoms with Crippen molar-refractivity contribution in [3.05, 3.63) is 66.2 Å². The maximum atomic E-state index is 12.7. The summed E-state index contributed by atoms with van der Waals surface area (Å²) >= 11 is 1.25. The van der Waals surface area contributed by atoms with E-state index in [2.05, 4.69) is 20.3 Å². The summed E-state index contributed by atoms with van der Waals surface area (Å²) in [7, 11) is -3.39. The normalized spacial score (nSPS) is 11.3. The summed E-state index contributed by atoms with van der Waals surface area (Å²) in [5.41, 5.74) is 2.04. The van der Waals surface area contributed by atoms with E-state index in [-0.39, 0.29) is 16.3 Å². The molecule has 0 fully saturated rings. The lowest BCUT2D eigenvalue weighted by Crippen LogP contribution is -2.12. The van der Waals surface area contributed by atoms with Crippen molar-refractivity contribution in [1.82, 2.24) is 15.0 Å². The van der Waals surface area contributed by atoms with Crippen LogP contribution in [0.1, 0.15) is 10.6 Å². The molecule has 0 aliphatic heterocycles. The summed E-state index contributed by atoms with van der Waals surface area (Å²) < 4.78 is 28.9. The quantitative estimate of drug-likeness (QED) is 0.519. The molecule has 0 atom stereocenters. The monoisotopic (exact) mass is 426 g/mol. The molecule has 0 saturated carbocycles. The molecule has 1 aromatic carbocycles. The average Bonchev–Trinajstić information content (AvgIpc) is 3.38. The number of sulfone groups is 1. The maximum absolute atomic E-state index is 12.7. The van der Waals surface area contributed by atoms with E-state index >= 15 is 0 Å². The summed E-state index contributed by atoms with van der Waals surface area (Å²) in [5, 5.41) is 4.84. The molecule has 146 valence electrons. The molecule has 0 aliphatic carbocycles. The number of nitrogens with one attached hydrogen (secondary N) is 1. The molecule has 0 aliphatic rings. The van der Waals surface area contributed by atoms with Gasteiger partial charge >= 0.3 is 0 Å². The number of oxazole rings is 1. The van der Waals surface area contributed by atoms with Crippen molar-refractivity contribution in [3.8, 4) is 22.6 Å². The van der Waals surface area contributed by atoms with Gasteiger partial charge in [-0.15, -0.1) is 11.3 Å². The van der Waals surface area contributed by atoms with Gasteiger partial charge in [-0.3, -0.25) is 15.1 Å². The van der Waals surface area contributed by atoms with Crippen molar-refractivity contribution in [2.75, 3.05) is 11.6 Å². The van der Waals surface area contributed by atoms with Gasteiger partial charge in [0, 0.05) is 23.4 Å². The largest absolute Gasteiger partial charge is 0.438 e. The molecule has 1 N–H and O–H groups in total. The highest BCUT2D eigenvalue weighted by molar-refractivity contribution is 7.90. The molecule has 0 bridgehead atoms. The minimum Gasteiger partial charge on any atom is -0.438 e. The first kappa shape index (κ1) is 19.0. The van der Waals surface area contributed by atoms with E-state index in [0.717, 1.165) is 12.6 Å². The van der Waals surface area contributed by atoms with Crippen LogP contribution in [0.3, 0.4) is 0 Å². The lowest BCUT2D eigenvalue weighted by molar-refractivity contribution is 0.0997. The Morgan fingerprint density at radius 1 is 1.10 bits per heavy atom. The van der Waals surface area contributed by atoms with Crippen LogP contribution in [0.15, 0.2) is 69.7 Å². The van der Waals surface area contributed by atoms with E-state index in [0.29, 0.717) is 22.1 Å². The van der Waals surface area contributed by atoms with Crippen LogP contribution in [0.5, 0.6) is 0 Å². The van der Waals surface area contributed by atoms with Crippen LogP contribution in [0, 0.1) is 0 Å². The van der Waals surface area contributed by atoms with Crippen molar-refractivity contribution in [2.24, 2.45) is 0 Å². The van der Waals surface area contributed by atoms with E-state index < -0.39 is 15.7 Å². The lowest BCUT2D eigenvalue weighted by Gasteiger charge is -2.04. The number of rotatable bonds is 5. The van der Waals surface area contributed by atoms with Crippen LogP contribution < -0.4 is 5.32 Å². The molecule has 0 saturated heterocycles. The average molecular weight is 426 g/mol. The molecule has 1 amide bonds. The van der Waals surface area contributed by atoms with Gasteiger partial charge in [0.15, 0.2) is 21.4 Å². The van der Waals surface area contributed by atoms with Gasteiger partial charge in [-0.1, -0.05) is 18.2 Å². The first-order chi connectivity index (χ1) is 13.9. The predicted molar refractivity (Wildman–Crippen MR) is 108 cm³/mol. The van der Waals surface area contributed by atoms with Crippen LogP contribution >= 0.6 is 11.3 Å². The van der Waals surface area contributed by atoms with Crippen molar-refractivity contribution in [3.63, 3.8) is 0 Å². The Hall–Kier alpha value is -3.37.